The number of hydrogen-bond donors (Lipinski definition) is 1. The molecule has 0 bridgehead atoms. The second kappa shape index (κ2) is 14.7. The van der Waals surface area contributed by atoms with Crippen molar-refractivity contribution in [3.63, 3.8) is 0 Å². The molecule has 5 heteroatoms. The quantitative estimate of drug-likeness (QED) is 0.555. The van der Waals surface area contributed by atoms with Crippen LogP contribution in [0.3, 0.4) is 0 Å². The molecule has 1 aliphatic rings. The van der Waals surface area contributed by atoms with Gasteiger partial charge in [-0.15, -0.1) is 0 Å². The number of para-hydroxylation sites is 1. The Kier molecular flexibility index (Phi) is 15.1. The fourth-order valence-electron chi connectivity index (χ4n) is 2.60. The highest BCUT2D eigenvalue weighted by Gasteiger charge is 2.53. The molecule has 1 aromatic heterocycles. The van der Waals surface area contributed by atoms with Crippen LogP contribution >= 0.6 is 0 Å². The molecule has 1 atom stereocenters. The Morgan fingerprint density at radius 2 is 1.28 bits per heavy atom. The Balaban J connectivity index is 0. The summed E-state index contributed by atoms with van der Waals surface area (Å²) in [4.78, 5) is 0. The first-order valence-corrected chi connectivity index (χ1v) is 11.4. The average molecular weight is 407 g/mol. The highest BCUT2D eigenvalue weighted by Crippen LogP contribution is 2.37. The van der Waals surface area contributed by atoms with Gasteiger partial charge in [0.15, 0.2) is 0 Å². The zero-order chi connectivity index (χ0) is 23.3. The van der Waals surface area contributed by atoms with Crippen LogP contribution in [0, 0.1) is 0 Å². The van der Waals surface area contributed by atoms with Crippen molar-refractivity contribution in [2.75, 3.05) is 0 Å². The average Bonchev–Trinajstić information content (AvgIpc) is 3.25. The summed E-state index contributed by atoms with van der Waals surface area (Å²) in [5.74, 6) is -0.230. The highest BCUT2D eigenvalue weighted by atomic mass is 16.7. The molecule has 4 nitrogen and oxygen atoms in total. The number of benzene rings is 1. The van der Waals surface area contributed by atoms with Gasteiger partial charge in [0.1, 0.15) is 5.58 Å². The van der Waals surface area contributed by atoms with Crippen molar-refractivity contribution < 1.29 is 13.7 Å². The molecular formula is C24H46BNO3. The van der Waals surface area contributed by atoms with Crippen LogP contribution in [-0.2, 0) is 15.7 Å². The minimum Gasteiger partial charge on any atom is -0.464 e. The summed E-state index contributed by atoms with van der Waals surface area (Å²) >= 11 is 0. The molecule has 0 saturated carbocycles. The summed E-state index contributed by atoms with van der Waals surface area (Å²) in [6, 6.07) is 7.97. The fraction of sp³-hybridized carbons (Fsp3) is 0.667. The normalized spacial score (nSPS) is 16.7. The number of fused-ring (bicyclic) bond motifs is 1. The van der Waals surface area contributed by atoms with E-state index in [1.54, 1.807) is 6.26 Å². The Bertz CT molecular complexity index is 636. The van der Waals surface area contributed by atoms with Gasteiger partial charge in [-0.05, 0) is 45.7 Å². The van der Waals surface area contributed by atoms with Crippen LogP contribution in [0.2, 0.25) is 0 Å². The van der Waals surface area contributed by atoms with Crippen molar-refractivity contribution in [2.24, 2.45) is 5.73 Å². The lowest BCUT2D eigenvalue weighted by molar-refractivity contribution is 0.00578. The molecular weight excluding hydrogens is 361 g/mol. The predicted molar refractivity (Wildman–Crippen MR) is 129 cm³/mol. The number of nitrogens with two attached hydrogens (primary N) is 1. The van der Waals surface area contributed by atoms with E-state index in [0.717, 1.165) is 16.5 Å². The third-order valence-corrected chi connectivity index (χ3v) is 4.64. The molecule has 1 saturated heterocycles. The molecule has 1 unspecified atom stereocenters. The molecule has 3 rings (SSSR count). The van der Waals surface area contributed by atoms with Crippen molar-refractivity contribution in [3.05, 3.63) is 36.1 Å². The molecule has 1 aromatic carbocycles. The maximum absolute atomic E-state index is 6.31. The molecule has 0 amide bonds. The molecule has 2 aromatic rings. The summed E-state index contributed by atoms with van der Waals surface area (Å²) in [6.45, 7) is 24.1. The molecule has 1 fully saturated rings. The second-order valence-electron chi connectivity index (χ2n) is 6.75. The lowest BCUT2D eigenvalue weighted by Gasteiger charge is -2.32. The van der Waals surface area contributed by atoms with Crippen molar-refractivity contribution >= 4 is 18.1 Å². The minimum absolute atomic E-state index is 0.230. The molecule has 2 heterocycles. The second-order valence-corrected chi connectivity index (χ2v) is 6.75. The SMILES string of the molecule is CC.CC.CC.CC.CC1(C)OB(C(N)Cc2coc3ccccc23)OC1(C)C. The number of rotatable bonds is 3. The van der Waals surface area contributed by atoms with Gasteiger partial charge in [-0.25, -0.2) is 0 Å². The third kappa shape index (κ3) is 7.80. The molecule has 1 aliphatic heterocycles. The van der Waals surface area contributed by atoms with Gasteiger partial charge in [0.05, 0.1) is 17.5 Å². The van der Waals surface area contributed by atoms with Crippen LogP contribution < -0.4 is 5.73 Å². The van der Waals surface area contributed by atoms with E-state index in [-0.39, 0.29) is 17.1 Å². The van der Waals surface area contributed by atoms with Crippen LogP contribution in [0.15, 0.2) is 34.9 Å². The monoisotopic (exact) mass is 407 g/mol. The van der Waals surface area contributed by atoms with E-state index in [0.29, 0.717) is 6.42 Å². The van der Waals surface area contributed by atoms with Crippen LogP contribution in [0.5, 0.6) is 0 Å². The summed E-state index contributed by atoms with van der Waals surface area (Å²) in [6.07, 6.45) is 2.43. The van der Waals surface area contributed by atoms with Gasteiger partial charge in [-0.1, -0.05) is 73.6 Å². The molecule has 168 valence electrons. The number of hydrogen-bond acceptors (Lipinski definition) is 4. The maximum atomic E-state index is 6.31. The van der Waals surface area contributed by atoms with Crippen LogP contribution in [0.25, 0.3) is 11.0 Å². The standard InChI is InChI=1S/C16H22BNO3.4C2H6/c1-15(2)16(3,4)21-17(20-15)14(18)9-11-10-19-13-8-6-5-7-12(11)13;4*1-2/h5-8,10,14H,9,18H2,1-4H3;4*1-2H3. The number of furan rings is 1. The van der Waals surface area contributed by atoms with Crippen LogP contribution in [0.4, 0.5) is 0 Å². The summed E-state index contributed by atoms with van der Waals surface area (Å²) in [5, 5.41) is 1.10. The Morgan fingerprint density at radius 1 is 0.828 bits per heavy atom. The Labute approximate surface area is 180 Å². The van der Waals surface area contributed by atoms with Crippen molar-refractivity contribution in [2.45, 2.75) is 107 Å². The zero-order valence-corrected chi connectivity index (χ0v) is 21.1. The van der Waals surface area contributed by atoms with Gasteiger partial charge >= 0.3 is 7.12 Å². The molecule has 0 radical (unpaired) electrons. The van der Waals surface area contributed by atoms with E-state index in [2.05, 4.69) is 0 Å². The smallest absolute Gasteiger partial charge is 0.464 e. The fourth-order valence-corrected chi connectivity index (χ4v) is 2.60. The van der Waals surface area contributed by atoms with Crippen LogP contribution in [0.1, 0.15) is 88.6 Å². The van der Waals surface area contributed by atoms with Crippen molar-refractivity contribution in [1.82, 2.24) is 0 Å². The largest absolute Gasteiger partial charge is 0.476 e. The van der Waals surface area contributed by atoms with E-state index < -0.39 is 7.12 Å². The van der Waals surface area contributed by atoms with E-state index in [9.17, 15) is 0 Å². The van der Waals surface area contributed by atoms with Crippen LogP contribution in [-0.4, -0.2) is 24.3 Å². The highest BCUT2D eigenvalue weighted by molar-refractivity contribution is 6.47. The van der Waals surface area contributed by atoms with E-state index >= 15 is 0 Å². The molecule has 2 N–H and O–H groups in total. The lowest BCUT2D eigenvalue weighted by Crippen LogP contribution is -2.43. The first kappa shape index (κ1) is 29.9. The van der Waals surface area contributed by atoms with Crippen molar-refractivity contribution in [3.8, 4) is 0 Å². The zero-order valence-electron chi connectivity index (χ0n) is 21.1. The predicted octanol–water partition coefficient (Wildman–Crippen LogP) is 7.04. The summed E-state index contributed by atoms with van der Waals surface area (Å²) in [7, 11) is -0.399. The van der Waals surface area contributed by atoms with Gasteiger partial charge in [0, 0.05) is 11.3 Å². The molecule has 29 heavy (non-hydrogen) atoms. The maximum Gasteiger partial charge on any atom is 0.476 e. The van der Waals surface area contributed by atoms with Gasteiger partial charge in [-0.3, -0.25) is 0 Å². The van der Waals surface area contributed by atoms with Gasteiger partial charge in [0.25, 0.3) is 0 Å². The summed E-state index contributed by atoms with van der Waals surface area (Å²) < 4.78 is 17.6. The topological polar surface area (TPSA) is 57.6 Å². The Morgan fingerprint density at radius 3 is 1.76 bits per heavy atom. The van der Waals surface area contributed by atoms with E-state index in [4.69, 9.17) is 19.5 Å². The first-order chi connectivity index (χ1) is 13.8. The molecule has 0 aliphatic carbocycles. The van der Waals surface area contributed by atoms with Gasteiger partial charge in [-0.2, -0.15) is 0 Å². The molecule has 0 spiro atoms. The lowest BCUT2D eigenvalue weighted by atomic mass is 9.75. The van der Waals surface area contributed by atoms with Gasteiger partial charge < -0.3 is 19.5 Å². The summed E-state index contributed by atoms with van der Waals surface area (Å²) in [5.41, 5.74) is 7.58. The minimum atomic E-state index is -0.399. The van der Waals surface area contributed by atoms with Gasteiger partial charge in [0.2, 0.25) is 0 Å². The van der Waals surface area contributed by atoms with E-state index in [1.165, 1.54) is 0 Å². The van der Waals surface area contributed by atoms with Crippen molar-refractivity contribution in [1.29, 1.82) is 0 Å². The first-order valence-electron chi connectivity index (χ1n) is 11.4. The third-order valence-electron chi connectivity index (χ3n) is 4.64. The Hall–Kier alpha value is -1.30. The van der Waals surface area contributed by atoms with E-state index in [1.807, 2.05) is 107 Å².